The predicted octanol–water partition coefficient (Wildman–Crippen LogP) is 4.71. The van der Waals surface area contributed by atoms with Gasteiger partial charge in [0.25, 0.3) is 5.91 Å². The van der Waals surface area contributed by atoms with Crippen LogP contribution in [0.2, 0.25) is 0 Å². The number of nitrogens with one attached hydrogen (secondary N) is 1. The number of benzene rings is 2. The molecule has 0 radical (unpaired) electrons. The molecule has 0 aliphatic rings. The number of rotatable bonds is 8. The third-order valence-corrected chi connectivity index (χ3v) is 4.88. The highest BCUT2D eigenvalue weighted by Gasteiger charge is 2.10. The summed E-state index contributed by atoms with van der Waals surface area (Å²) in [5, 5.41) is 2.91. The van der Waals surface area contributed by atoms with Crippen LogP contribution in [0.15, 0.2) is 47.4 Å². The molecule has 0 aliphatic heterocycles. The molecule has 1 N–H and O–H groups in total. The summed E-state index contributed by atoms with van der Waals surface area (Å²) in [5.41, 5.74) is 3.52. The molecule has 25 heavy (non-hydrogen) atoms. The van der Waals surface area contributed by atoms with Gasteiger partial charge < -0.3 is 10.1 Å². The Kier molecular flexibility index (Phi) is 7.38. The highest BCUT2D eigenvalue weighted by Crippen LogP contribution is 2.27. The Hall–Kier alpha value is -1.94. The van der Waals surface area contributed by atoms with E-state index in [0.29, 0.717) is 12.5 Å². The van der Waals surface area contributed by atoms with Crippen molar-refractivity contribution in [3.8, 4) is 5.75 Å². The van der Waals surface area contributed by atoms with Gasteiger partial charge in [0.15, 0.2) is 6.61 Å². The zero-order chi connectivity index (χ0) is 18.2. The molecule has 1 amide bonds. The van der Waals surface area contributed by atoms with Crippen LogP contribution in [0.3, 0.4) is 0 Å². The van der Waals surface area contributed by atoms with Crippen molar-refractivity contribution in [2.45, 2.75) is 38.5 Å². The minimum Gasteiger partial charge on any atom is -0.483 e. The van der Waals surface area contributed by atoms with Gasteiger partial charge in [0, 0.05) is 17.2 Å². The molecule has 0 aliphatic carbocycles. The number of thioether (sulfide) groups is 1. The standard InChI is InChI=1S/C21H27NO2S/c1-15(2)19-10-7-17(4)13-20(19)24-14-21(23)22-11-12-25-18-8-5-16(3)6-9-18/h5-10,13,15H,11-12,14H2,1-4H3,(H,22,23). The van der Waals surface area contributed by atoms with Crippen molar-refractivity contribution >= 4 is 17.7 Å². The Bertz CT molecular complexity index is 696. The minimum atomic E-state index is -0.0827. The van der Waals surface area contributed by atoms with Crippen LogP contribution in [0, 0.1) is 13.8 Å². The molecule has 0 unspecified atom stereocenters. The van der Waals surface area contributed by atoms with Crippen molar-refractivity contribution in [3.63, 3.8) is 0 Å². The van der Waals surface area contributed by atoms with Crippen LogP contribution < -0.4 is 10.1 Å². The highest BCUT2D eigenvalue weighted by atomic mass is 32.2. The largest absolute Gasteiger partial charge is 0.483 e. The van der Waals surface area contributed by atoms with Gasteiger partial charge in [-0.15, -0.1) is 11.8 Å². The maximum Gasteiger partial charge on any atom is 0.257 e. The van der Waals surface area contributed by atoms with Crippen molar-refractivity contribution in [1.29, 1.82) is 0 Å². The molecule has 0 bridgehead atoms. The quantitative estimate of drug-likeness (QED) is 0.549. The Morgan fingerprint density at radius 3 is 2.44 bits per heavy atom. The topological polar surface area (TPSA) is 38.3 Å². The molecule has 3 nitrogen and oxygen atoms in total. The van der Waals surface area contributed by atoms with Crippen LogP contribution >= 0.6 is 11.8 Å². The van der Waals surface area contributed by atoms with Crippen LogP contribution in [0.4, 0.5) is 0 Å². The second-order valence-electron chi connectivity index (χ2n) is 6.50. The van der Waals surface area contributed by atoms with Crippen LogP contribution in [-0.2, 0) is 4.79 Å². The monoisotopic (exact) mass is 357 g/mol. The number of ether oxygens (including phenoxy) is 1. The van der Waals surface area contributed by atoms with Crippen molar-refractivity contribution in [2.75, 3.05) is 18.9 Å². The van der Waals surface area contributed by atoms with E-state index in [2.05, 4.69) is 62.5 Å². The summed E-state index contributed by atoms with van der Waals surface area (Å²) in [6.45, 7) is 9.04. The Morgan fingerprint density at radius 2 is 1.76 bits per heavy atom. The number of hydrogen-bond acceptors (Lipinski definition) is 3. The molecule has 0 aromatic heterocycles. The van der Waals surface area contributed by atoms with Gasteiger partial charge in [0.1, 0.15) is 5.75 Å². The molecular formula is C21H27NO2S. The Labute approximate surface area is 155 Å². The first-order chi connectivity index (χ1) is 12.0. The van der Waals surface area contributed by atoms with E-state index in [1.807, 2.05) is 13.0 Å². The average molecular weight is 358 g/mol. The van der Waals surface area contributed by atoms with Crippen molar-refractivity contribution in [3.05, 3.63) is 59.2 Å². The van der Waals surface area contributed by atoms with Gasteiger partial charge in [-0.3, -0.25) is 4.79 Å². The van der Waals surface area contributed by atoms with Crippen molar-refractivity contribution in [2.24, 2.45) is 0 Å². The summed E-state index contributed by atoms with van der Waals surface area (Å²) in [4.78, 5) is 13.2. The molecule has 2 rings (SSSR count). The minimum absolute atomic E-state index is 0.0539. The summed E-state index contributed by atoms with van der Waals surface area (Å²) < 4.78 is 5.75. The third kappa shape index (κ3) is 6.46. The van der Waals surface area contributed by atoms with Gasteiger partial charge in [-0.1, -0.05) is 43.7 Å². The second kappa shape index (κ2) is 9.52. The molecule has 0 atom stereocenters. The molecule has 134 valence electrons. The van der Waals surface area contributed by atoms with E-state index in [4.69, 9.17) is 4.74 Å². The zero-order valence-corrected chi connectivity index (χ0v) is 16.3. The molecule has 0 saturated heterocycles. The SMILES string of the molecule is Cc1ccc(SCCNC(=O)COc2cc(C)ccc2C(C)C)cc1. The van der Waals surface area contributed by atoms with Gasteiger partial charge >= 0.3 is 0 Å². The fourth-order valence-electron chi connectivity index (χ4n) is 2.43. The summed E-state index contributed by atoms with van der Waals surface area (Å²) in [6.07, 6.45) is 0. The maximum atomic E-state index is 12.0. The highest BCUT2D eigenvalue weighted by molar-refractivity contribution is 7.99. The van der Waals surface area contributed by atoms with Crippen LogP contribution in [0.25, 0.3) is 0 Å². The maximum absolute atomic E-state index is 12.0. The number of carbonyl (C=O) groups is 1. The summed E-state index contributed by atoms with van der Waals surface area (Å²) in [5.74, 6) is 1.93. The number of carbonyl (C=O) groups excluding carboxylic acids is 1. The van der Waals surface area contributed by atoms with E-state index >= 15 is 0 Å². The molecule has 4 heteroatoms. The van der Waals surface area contributed by atoms with Gasteiger partial charge in [0.05, 0.1) is 0 Å². The molecule has 0 heterocycles. The van der Waals surface area contributed by atoms with E-state index in [9.17, 15) is 4.79 Å². The van der Waals surface area contributed by atoms with Gasteiger partial charge in [-0.25, -0.2) is 0 Å². The predicted molar refractivity (Wildman–Crippen MR) is 106 cm³/mol. The molecular weight excluding hydrogens is 330 g/mol. The van der Waals surface area contributed by atoms with Crippen LogP contribution in [0.5, 0.6) is 5.75 Å². The lowest BCUT2D eigenvalue weighted by Crippen LogP contribution is -2.30. The number of amides is 1. The lowest BCUT2D eigenvalue weighted by Gasteiger charge is -2.14. The summed E-state index contributed by atoms with van der Waals surface area (Å²) >= 11 is 1.74. The van der Waals surface area contributed by atoms with Gasteiger partial charge in [-0.2, -0.15) is 0 Å². The normalized spacial score (nSPS) is 10.8. The third-order valence-electron chi connectivity index (χ3n) is 3.86. The van der Waals surface area contributed by atoms with Crippen LogP contribution in [0.1, 0.15) is 36.5 Å². The molecule has 2 aromatic rings. The van der Waals surface area contributed by atoms with Gasteiger partial charge in [-0.05, 0) is 49.1 Å². The zero-order valence-electron chi connectivity index (χ0n) is 15.5. The Balaban J connectivity index is 1.74. The van der Waals surface area contributed by atoms with Gasteiger partial charge in [0.2, 0.25) is 0 Å². The Morgan fingerprint density at radius 1 is 1.08 bits per heavy atom. The van der Waals surface area contributed by atoms with E-state index in [0.717, 1.165) is 22.6 Å². The van der Waals surface area contributed by atoms with E-state index < -0.39 is 0 Å². The van der Waals surface area contributed by atoms with E-state index in [1.54, 1.807) is 11.8 Å². The average Bonchev–Trinajstić information content (AvgIpc) is 2.58. The lowest BCUT2D eigenvalue weighted by molar-refractivity contribution is -0.122. The molecule has 0 fully saturated rings. The molecule has 2 aromatic carbocycles. The second-order valence-corrected chi connectivity index (χ2v) is 7.66. The summed E-state index contributed by atoms with van der Waals surface area (Å²) in [7, 11) is 0. The first-order valence-corrected chi connectivity index (χ1v) is 9.64. The lowest BCUT2D eigenvalue weighted by atomic mass is 10.0. The van der Waals surface area contributed by atoms with Crippen LogP contribution in [-0.4, -0.2) is 24.8 Å². The smallest absolute Gasteiger partial charge is 0.257 e. The fourth-order valence-corrected chi connectivity index (χ4v) is 3.20. The first-order valence-electron chi connectivity index (χ1n) is 8.65. The first kappa shape index (κ1) is 19.4. The summed E-state index contributed by atoms with van der Waals surface area (Å²) in [6, 6.07) is 14.6. The number of aryl methyl sites for hydroxylation is 2. The number of hydrogen-bond donors (Lipinski definition) is 1. The molecule has 0 saturated carbocycles. The van der Waals surface area contributed by atoms with Crippen molar-refractivity contribution in [1.82, 2.24) is 5.32 Å². The molecule has 0 spiro atoms. The van der Waals surface area contributed by atoms with E-state index in [1.165, 1.54) is 10.5 Å². The fraction of sp³-hybridized carbons (Fsp3) is 0.381. The van der Waals surface area contributed by atoms with Crippen molar-refractivity contribution < 1.29 is 9.53 Å². The van der Waals surface area contributed by atoms with E-state index in [-0.39, 0.29) is 12.5 Å².